The Morgan fingerprint density at radius 3 is 2.38 bits per heavy atom. The van der Waals surface area contributed by atoms with Crippen molar-refractivity contribution >= 4 is 33.0 Å². The number of carbonyl (C=O) groups is 1. The number of nitrogens with zero attached hydrogens (tertiary/aromatic N) is 1. The van der Waals surface area contributed by atoms with Crippen LogP contribution in [0.4, 0.5) is 5.69 Å². The van der Waals surface area contributed by atoms with Crippen molar-refractivity contribution in [2.24, 2.45) is 0 Å². The second-order valence-electron chi connectivity index (χ2n) is 6.26. The van der Waals surface area contributed by atoms with Gasteiger partial charge in [-0.25, -0.2) is 13.2 Å². The average molecular weight is 432 g/mol. The molecule has 0 unspecified atom stereocenters. The highest BCUT2D eigenvalue weighted by atomic mass is 32.2. The lowest BCUT2D eigenvalue weighted by molar-refractivity contribution is 0.0600. The van der Waals surface area contributed by atoms with E-state index < -0.39 is 16.0 Å². The molecule has 6 nitrogen and oxygen atoms in total. The molecule has 1 heterocycles. The summed E-state index contributed by atoms with van der Waals surface area (Å²) in [7, 11) is -1.14. The predicted molar refractivity (Wildman–Crippen MR) is 113 cm³/mol. The molecule has 8 heteroatoms. The summed E-state index contributed by atoms with van der Waals surface area (Å²) in [5, 5.41) is 1.90. The van der Waals surface area contributed by atoms with Gasteiger partial charge in [0.2, 0.25) is 0 Å². The Bertz CT molecular complexity index is 1090. The van der Waals surface area contributed by atoms with Crippen LogP contribution in [0, 0.1) is 6.92 Å². The molecule has 0 aliphatic carbocycles. The minimum Gasteiger partial charge on any atom is -0.497 e. The molecule has 1 aromatic heterocycles. The minimum absolute atomic E-state index is 0.0628. The molecule has 0 amide bonds. The van der Waals surface area contributed by atoms with Crippen LogP contribution in [0.5, 0.6) is 5.75 Å². The van der Waals surface area contributed by atoms with E-state index in [0.717, 1.165) is 4.88 Å². The van der Waals surface area contributed by atoms with E-state index in [2.05, 4.69) is 0 Å². The van der Waals surface area contributed by atoms with Crippen LogP contribution >= 0.6 is 11.3 Å². The van der Waals surface area contributed by atoms with Crippen molar-refractivity contribution in [2.45, 2.75) is 18.4 Å². The largest absolute Gasteiger partial charge is 0.497 e. The maximum absolute atomic E-state index is 13.6. The Hall–Kier alpha value is -2.84. The van der Waals surface area contributed by atoms with E-state index in [0.29, 0.717) is 17.0 Å². The molecule has 0 aliphatic rings. The maximum Gasteiger partial charge on any atom is 0.337 e. The third kappa shape index (κ3) is 4.44. The highest BCUT2D eigenvalue weighted by Crippen LogP contribution is 2.30. The van der Waals surface area contributed by atoms with Crippen LogP contribution in [0.15, 0.2) is 64.9 Å². The number of hydrogen-bond acceptors (Lipinski definition) is 6. The summed E-state index contributed by atoms with van der Waals surface area (Å²) in [5.41, 5.74) is 1.23. The van der Waals surface area contributed by atoms with Crippen LogP contribution in [0.2, 0.25) is 0 Å². The van der Waals surface area contributed by atoms with Crippen LogP contribution in [-0.4, -0.2) is 28.6 Å². The van der Waals surface area contributed by atoms with Crippen LogP contribution in [0.3, 0.4) is 0 Å². The zero-order valence-electron chi connectivity index (χ0n) is 16.3. The summed E-state index contributed by atoms with van der Waals surface area (Å²) in [5.74, 6) is 0.0433. The van der Waals surface area contributed by atoms with Crippen LogP contribution in [0.1, 0.15) is 20.8 Å². The molecule has 0 saturated heterocycles. The van der Waals surface area contributed by atoms with Gasteiger partial charge in [-0.1, -0.05) is 12.1 Å². The highest BCUT2D eigenvalue weighted by molar-refractivity contribution is 7.92. The monoisotopic (exact) mass is 431 g/mol. The summed E-state index contributed by atoms with van der Waals surface area (Å²) in [6, 6.07) is 15.1. The lowest BCUT2D eigenvalue weighted by atomic mass is 10.1. The fourth-order valence-electron chi connectivity index (χ4n) is 2.85. The molecule has 0 N–H and O–H groups in total. The molecular formula is C21H21NO5S2. The molecule has 0 aliphatic heterocycles. The second-order valence-corrected chi connectivity index (χ2v) is 9.12. The molecule has 0 bridgehead atoms. The summed E-state index contributed by atoms with van der Waals surface area (Å²) < 4.78 is 38.5. The standard InChI is InChI=1S/C21H21NO5S2/c1-15-6-7-16(21(23)27-3)13-20(15)29(24,25)22(14-19-5-4-12-28-19)17-8-10-18(26-2)11-9-17/h4-13H,14H2,1-3H3. The van der Waals surface area contributed by atoms with Gasteiger partial charge in [-0.15, -0.1) is 11.3 Å². The Kier molecular flexibility index (Phi) is 6.24. The number of carbonyl (C=O) groups excluding carboxylic acids is 1. The highest BCUT2D eigenvalue weighted by Gasteiger charge is 2.28. The molecule has 0 atom stereocenters. The summed E-state index contributed by atoms with van der Waals surface area (Å²) in [4.78, 5) is 12.9. The smallest absolute Gasteiger partial charge is 0.337 e. The summed E-state index contributed by atoms with van der Waals surface area (Å²) in [6.07, 6.45) is 0. The second kappa shape index (κ2) is 8.67. The number of methoxy groups -OCH3 is 2. The van der Waals surface area contributed by atoms with Gasteiger partial charge in [0.05, 0.1) is 36.9 Å². The quantitative estimate of drug-likeness (QED) is 0.523. The van der Waals surface area contributed by atoms with E-state index in [9.17, 15) is 13.2 Å². The summed E-state index contributed by atoms with van der Waals surface area (Å²) >= 11 is 1.48. The van der Waals surface area contributed by atoms with E-state index in [-0.39, 0.29) is 17.0 Å². The van der Waals surface area contributed by atoms with Crippen LogP contribution in [0.25, 0.3) is 0 Å². The molecular weight excluding hydrogens is 410 g/mol. The Balaban J connectivity index is 2.11. The number of anilines is 1. The third-order valence-electron chi connectivity index (χ3n) is 4.42. The number of esters is 1. The first-order valence-electron chi connectivity index (χ1n) is 8.75. The first-order chi connectivity index (χ1) is 13.9. The SMILES string of the molecule is COC(=O)c1ccc(C)c(S(=O)(=O)N(Cc2cccs2)c2ccc(OC)cc2)c1. The molecule has 2 aromatic carbocycles. The van der Waals surface area contributed by atoms with Crippen LogP contribution in [-0.2, 0) is 21.3 Å². The van der Waals surface area contributed by atoms with E-state index in [1.54, 1.807) is 50.4 Å². The normalized spacial score (nSPS) is 11.1. The zero-order valence-corrected chi connectivity index (χ0v) is 17.9. The average Bonchev–Trinajstić information content (AvgIpc) is 3.25. The number of benzene rings is 2. The molecule has 0 radical (unpaired) electrons. The first kappa shape index (κ1) is 20.9. The van der Waals surface area contributed by atoms with E-state index >= 15 is 0 Å². The van der Waals surface area contributed by atoms with Gasteiger partial charge in [0.25, 0.3) is 10.0 Å². The van der Waals surface area contributed by atoms with Crippen molar-refractivity contribution < 1.29 is 22.7 Å². The Morgan fingerprint density at radius 2 is 1.79 bits per heavy atom. The van der Waals surface area contributed by atoms with Gasteiger partial charge in [0.1, 0.15) is 5.75 Å². The van der Waals surface area contributed by atoms with E-state index in [1.807, 2.05) is 17.5 Å². The maximum atomic E-state index is 13.6. The molecule has 29 heavy (non-hydrogen) atoms. The third-order valence-corrected chi connectivity index (χ3v) is 7.19. The topological polar surface area (TPSA) is 72.9 Å². The molecule has 152 valence electrons. The van der Waals surface area contributed by atoms with Crippen molar-refractivity contribution in [3.63, 3.8) is 0 Å². The van der Waals surface area contributed by atoms with Gasteiger partial charge in [-0.05, 0) is 60.3 Å². The predicted octanol–water partition coefficient (Wildman–Crippen LogP) is 4.25. The fraction of sp³-hybridized carbons (Fsp3) is 0.190. The van der Waals surface area contributed by atoms with Crippen molar-refractivity contribution in [1.82, 2.24) is 0 Å². The Morgan fingerprint density at radius 1 is 1.07 bits per heavy atom. The van der Waals surface area contributed by atoms with Gasteiger partial charge < -0.3 is 9.47 Å². The van der Waals surface area contributed by atoms with Crippen molar-refractivity contribution in [2.75, 3.05) is 18.5 Å². The van der Waals surface area contributed by atoms with Crippen LogP contribution < -0.4 is 9.04 Å². The minimum atomic E-state index is -3.95. The van der Waals surface area contributed by atoms with Crippen molar-refractivity contribution in [1.29, 1.82) is 0 Å². The molecule has 0 fully saturated rings. The number of hydrogen-bond donors (Lipinski definition) is 0. The van der Waals surface area contributed by atoms with E-state index in [4.69, 9.17) is 9.47 Å². The zero-order chi connectivity index (χ0) is 21.0. The number of rotatable bonds is 7. The van der Waals surface area contributed by atoms with Crippen molar-refractivity contribution in [3.05, 3.63) is 76.0 Å². The van der Waals surface area contributed by atoms with E-state index in [1.165, 1.54) is 28.8 Å². The van der Waals surface area contributed by atoms with Gasteiger partial charge in [-0.2, -0.15) is 0 Å². The fourth-order valence-corrected chi connectivity index (χ4v) is 5.32. The lowest BCUT2D eigenvalue weighted by Gasteiger charge is -2.25. The summed E-state index contributed by atoms with van der Waals surface area (Å²) in [6.45, 7) is 1.87. The molecule has 0 saturated carbocycles. The first-order valence-corrected chi connectivity index (χ1v) is 11.1. The number of thiophene rings is 1. The number of ether oxygens (including phenoxy) is 2. The molecule has 3 rings (SSSR count). The van der Waals surface area contributed by atoms with Gasteiger partial charge in [0, 0.05) is 4.88 Å². The van der Waals surface area contributed by atoms with Gasteiger partial charge >= 0.3 is 5.97 Å². The lowest BCUT2D eigenvalue weighted by Crippen LogP contribution is -2.31. The number of aryl methyl sites for hydroxylation is 1. The number of sulfonamides is 1. The van der Waals surface area contributed by atoms with Gasteiger partial charge in [-0.3, -0.25) is 4.31 Å². The molecule has 3 aromatic rings. The van der Waals surface area contributed by atoms with Gasteiger partial charge in [0.15, 0.2) is 0 Å². The van der Waals surface area contributed by atoms with Crippen molar-refractivity contribution in [3.8, 4) is 5.75 Å². The Labute approximate surface area is 174 Å². The molecule has 0 spiro atoms.